The summed E-state index contributed by atoms with van der Waals surface area (Å²) in [5.41, 5.74) is 0.155. The van der Waals surface area contributed by atoms with E-state index in [1.54, 1.807) is 18.2 Å². The van der Waals surface area contributed by atoms with Gasteiger partial charge in [-0.1, -0.05) is 30.5 Å². The van der Waals surface area contributed by atoms with Gasteiger partial charge in [-0.05, 0) is 38.1 Å². The summed E-state index contributed by atoms with van der Waals surface area (Å²) in [6.07, 6.45) is 4.33. The highest BCUT2D eigenvalue weighted by molar-refractivity contribution is 6.30. The summed E-state index contributed by atoms with van der Waals surface area (Å²) in [7, 11) is 1.95. The molecular formula is C16H23ClN2O2. The van der Waals surface area contributed by atoms with Crippen molar-refractivity contribution in [1.29, 1.82) is 0 Å². The molecule has 0 saturated heterocycles. The molecule has 1 aromatic rings. The van der Waals surface area contributed by atoms with Crippen LogP contribution in [0.3, 0.4) is 0 Å². The maximum atomic E-state index is 11.9. The predicted octanol–water partition coefficient (Wildman–Crippen LogP) is 2.91. The lowest BCUT2D eigenvalue weighted by Gasteiger charge is -2.28. The average molecular weight is 311 g/mol. The van der Waals surface area contributed by atoms with Gasteiger partial charge in [0.15, 0.2) is 0 Å². The summed E-state index contributed by atoms with van der Waals surface area (Å²) in [4.78, 5) is 13.9. The molecule has 2 N–H and O–H groups in total. The maximum absolute atomic E-state index is 11.9. The number of hydrogen-bond acceptors (Lipinski definition) is 3. The molecule has 2 rings (SSSR count). The Labute approximate surface area is 131 Å². The van der Waals surface area contributed by atoms with Gasteiger partial charge in [-0.2, -0.15) is 0 Å². The van der Waals surface area contributed by atoms with Crippen LogP contribution in [0, 0.1) is 0 Å². The molecule has 0 aromatic heterocycles. The van der Waals surface area contributed by atoms with E-state index in [-0.39, 0.29) is 5.91 Å². The normalized spacial score (nSPS) is 17.1. The molecule has 0 atom stereocenters. The molecule has 0 unspecified atom stereocenters. The number of benzene rings is 1. The van der Waals surface area contributed by atoms with Gasteiger partial charge < -0.3 is 15.3 Å². The fourth-order valence-electron chi connectivity index (χ4n) is 2.85. The number of halogens is 1. The molecule has 116 valence electrons. The van der Waals surface area contributed by atoms with E-state index in [9.17, 15) is 9.90 Å². The second-order valence-corrected chi connectivity index (χ2v) is 6.41. The van der Waals surface area contributed by atoms with Crippen LogP contribution in [0.25, 0.3) is 0 Å². The third kappa shape index (κ3) is 5.30. The standard InChI is InChI=1S/C16H23ClN2O2/c1-19(12-16(21)8-2-3-9-16)10-7-15(20)18-14-6-4-5-13(17)11-14/h4-6,11,21H,2-3,7-10,12H2,1H3,(H,18,20). The molecule has 21 heavy (non-hydrogen) atoms. The van der Waals surface area contributed by atoms with Crippen molar-refractivity contribution < 1.29 is 9.90 Å². The van der Waals surface area contributed by atoms with E-state index in [4.69, 9.17) is 11.6 Å². The third-order valence-electron chi connectivity index (χ3n) is 3.93. The Kier molecular flexibility index (Phi) is 5.62. The summed E-state index contributed by atoms with van der Waals surface area (Å²) in [6.45, 7) is 1.27. The molecule has 1 saturated carbocycles. The van der Waals surface area contributed by atoms with E-state index in [1.165, 1.54) is 0 Å². The van der Waals surface area contributed by atoms with Crippen molar-refractivity contribution in [1.82, 2.24) is 4.90 Å². The fourth-order valence-corrected chi connectivity index (χ4v) is 3.05. The zero-order valence-electron chi connectivity index (χ0n) is 12.4. The van der Waals surface area contributed by atoms with Crippen molar-refractivity contribution in [2.75, 3.05) is 25.5 Å². The Morgan fingerprint density at radius 2 is 2.14 bits per heavy atom. The first kappa shape index (κ1) is 16.3. The highest BCUT2D eigenvalue weighted by atomic mass is 35.5. The number of hydrogen-bond donors (Lipinski definition) is 2. The Morgan fingerprint density at radius 1 is 1.43 bits per heavy atom. The van der Waals surface area contributed by atoms with Gasteiger partial charge >= 0.3 is 0 Å². The van der Waals surface area contributed by atoms with Crippen molar-refractivity contribution in [2.45, 2.75) is 37.7 Å². The van der Waals surface area contributed by atoms with Crippen LogP contribution in [0.2, 0.25) is 5.02 Å². The SMILES string of the molecule is CN(CCC(=O)Nc1cccc(Cl)c1)CC1(O)CCCC1. The summed E-state index contributed by atoms with van der Waals surface area (Å²) in [5.74, 6) is -0.0393. The van der Waals surface area contributed by atoms with Gasteiger partial charge in [0.2, 0.25) is 5.91 Å². The number of anilines is 1. The van der Waals surface area contributed by atoms with E-state index < -0.39 is 5.60 Å². The summed E-state index contributed by atoms with van der Waals surface area (Å²) >= 11 is 5.88. The van der Waals surface area contributed by atoms with E-state index in [2.05, 4.69) is 5.32 Å². The van der Waals surface area contributed by atoms with Crippen molar-refractivity contribution >= 4 is 23.2 Å². The first-order valence-electron chi connectivity index (χ1n) is 7.43. The molecule has 1 aliphatic rings. The van der Waals surface area contributed by atoms with Crippen molar-refractivity contribution in [3.63, 3.8) is 0 Å². The fraction of sp³-hybridized carbons (Fsp3) is 0.562. The molecule has 0 heterocycles. The molecule has 1 aromatic carbocycles. The van der Waals surface area contributed by atoms with Crippen LogP contribution >= 0.6 is 11.6 Å². The van der Waals surface area contributed by atoms with Crippen LogP contribution in [0.1, 0.15) is 32.1 Å². The van der Waals surface area contributed by atoms with E-state index in [0.717, 1.165) is 25.7 Å². The monoisotopic (exact) mass is 310 g/mol. The van der Waals surface area contributed by atoms with Crippen molar-refractivity contribution in [2.24, 2.45) is 0 Å². The van der Waals surface area contributed by atoms with E-state index in [0.29, 0.717) is 30.2 Å². The zero-order chi connectivity index (χ0) is 15.3. The van der Waals surface area contributed by atoms with Gasteiger partial charge in [0.25, 0.3) is 0 Å². The summed E-state index contributed by atoms with van der Waals surface area (Å²) in [5, 5.41) is 13.8. The van der Waals surface area contributed by atoms with E-state index in [1.807, 2.05) is 18.0 Å². The Balaban J connectivity index is 1.73. The summed E-state index contributed by atoms with van der Waals surface area (Å²) in [6, 6.07) is 7.12. The number of carbonyl (C=O) groups excluding carboxylic acids is 1. The van der Waals surface area contributed by atoms with Crippen LogP contribution in [-0.4, -0.2) is 41.7 Å². The average Bonchev–Trinajstić information content (AvgIpc) is 2.83. The van der Waals surface area contributed by atoms with Gasteiger partial charge in [-0.15, -0.1) is 0 Å². The Morgan fingerprint density at radius 3 is 2.81 bits per heavy atom. The Hall–Kier alpha value is -1.10. The number of carbonyl (C=O) groups is 1. The van der Waals surface area contributed by atoms with Crippen molar-refractivity contribution in [3.05, 3.63) is 29.3 Å². The number of nitrogens with one attached hydrogen (secondary N) is 1. The number of likely N-dealkylation sites (N-methyl/N-ethyl adjacent to an activating group) is 1. The van der Waals surface area contributed by atoms with Crippen LogP contribution in [0.15, 0.2) is 24.3 Å². The predicted molar refractivity (Wildman–Crippen MR) is 85.6 cm³/mol. The molecule has 1 fully saturated rings. The lowest BCUT2D eigenvalue weighted by atomic mass is 10.0. The van der Waals surface area contributed by atoms with Gasteiger partial charge in [0, 0.05) is 30.2 Å². The number of nitrogens with zero attached hydrogens (tertiary/aromatic N) is 1. The molecule has 1 aliphatic carbocycles. The highest BCUT2D eigenvalue weighted by Gasteiger charge is 2.32. The molecule has 0 spiro atoms. The van der Waals surface area contributed by atoms with Gasteiger partial charge in [-0.3, -0.25) is 4.79 Å². The number of amides is 1. The molecule has 5 heteroatoms. The Bertz CT molecular complexity index is 487. The largest absolute Gasteiger partial charge is 0.389 e. The zero-order valence-corrected chi connectivity index (χ0v) is 13.2. The second kappa shape index (κ2) is 7.25. The van der Waals surface area contributed by atoms with Gasteiger partial charge in [0.05, 0.1) is 5.60 Å². The lowest BCUT2D eigenvalue weighted by Crippen LogP contribution is -2.40. The number of rotatable bonds is 6. The molecule has 0 radical (unpaired) electrons. The minimum absolute atomic E-state index is 0.0393. The minimum atomic E-state index is -0.557. The highest BCUT2D eigenvalue weighted by Crippen LogP contribution is 2.29. The topological polar surface area (TPSA) is 52.6 Å². The quantitative estimate of drug-likeness (QED) is 0.849. The van der Waals surface area contributed by atoms with Gasteiger partial charge in [-0.25, -0.2) is 0 Å². The minimum Gasteiger partial charge on any atom is -0.389 e. The third-order valence-corrected chi connectivity index (χ3v) is 4.16. The van der Waals surface area contributed by atoms with Crippen LogP contribution in [-0.2, 0) is 4.79 Å². The molecule has 0 aliphatic heterocycles. The number of aliphatic hydroxyl groups is 1. The van der Waals surface area contributed by atoms with Crippen molar-refractivity contribution in [3.8, 4) is 0 Å². The maximum Gasteiger partial charge on any atom is 0.225 e. The molecule has 4 nitrogen and oxygen atoms in total. The van der Waals surface area contributed by atoms with Crippen LogP contribution in [0.4, 0.5) is 5.69 Å². The first-order chi connectivity index (χ1) is 9.97. The second-order valence-electron chi connectivity index (χ2n) is 5.98. The molecule has 1 amide bonds. The molecular weight excluding hydrogens is 288 g/mol. The smallest absolute Gasteiger partial charge is 0.225 e. The van der Waals surface area contributed by atoms with Gasteiger partial charge in [0.1, 0.15) is 0 Å². The molecule has 0 bridgehead atoms. The van der Waals surface area contributed by atoms with E-state index >= 15 is 0 Å². The van der Waals surface area contributed by atoms with Crippen LogP contribution in [0.5, 0.6) is 0 Å². The van der Waals surface area contributed by atoms with Crippen LogP contribution < -0.4 is 5.32 Å². The lowest BCUT2D eigenvalue weighted by molar-refractivity contribution is -0.116. The first-order valence-corrected chi connectivity index (χ1v) is 7.81. The summed E-state index contributed by atoms with van der Waals surface area (Å²) < 4.78 is 0.